The van der Waals surface area contributed by atoms with Crippen molar-refractivity contribution in [3.05, 3.63) is 27.7 Å². The summed E-state index contributed by atoms with van der Waals surface area (Å²) in [5, 5.41) is 0. The van der Waals surface area contributed by atoms with Crippen molar-refractivity contribution in [1.29, 1.82) is 0 Å². The van der Waals surface area contributed by atoms with Gasteiger partial charge in [-0.2, -0.15) is 0 Å². The lowest BCUT2D eigenvalue weighted by Crippen LogP contribution is -2.00. The van der Waals surface area contributed by atoms with E-state index in [1.807, 2.05) is 0 Å². The summed E-state index contributed by atoms with van der Waals surface area (Å²) >= 11 is 3.58. The van der Waals surface area contributed by atoms with Gasteiger partial charge >= 0.3 is 0 Å². The molecule has 0 N–H and O–H groups in total. The molecule has 0 bridgehead atoms. The number of carbonyl (C=O) groups excluding carboxylic acids is 1. The van der Waals surface area contributed by atoms with E-state index in [2.05, 4.69) is 28.1 Å². The van der Waals surface area contributed by atoms with Gasteiger partial charge in [0.1, 0.15) is 12.0 Å². The van der Waals surface area contributed by atoms with Crippen LogP contribution in [-0.2, 0) is 11.2 Å². The monoisotopic (exact) mass is 310 g/mol. The van der Waals surface area contributed by atoms with Gasteiger partial charge in [0.15, 0.2) is 0 Å². The normalized spacial score (nSPS) is 15.9. The number of aldehydes is 1. The molecule has 0 unspecified atom stereocenters. The molecular weight excluding hydrogens is 292 g/mol. The number of aryl methyl sites for hydroxylation is 1. The maximum absolute atomic E-state index is 10.5. The van der Waals surface area contributed by atoms with E-state index < -0.39 is 0 Å². The number of ether oxygens (including phenoxy) is 1. The van der Waals surface area contributed by atoms with Crippen molar-refractivity contribution >= 4 is 22.2 Å². The first-order chi connectivity index (χ1) is 8.76. The van der Waals surface area contributed by atoms with Crippen LogP contribution in [0.1, 0.15) is 49.1 Å². The molecule has 0 atom stereocenters. The molecule has 98 valence electrons. The highest BCUT2D eigenvalue weighted by molar-refractivity contribution is 9.10. The maximum atomic E-state index is 10.5. The van der Waals surface area contributed by atoms with E-state index in [-0.39, 0.29) is 0 Å². The number of hydrogen-bond acceptors (Lipinski definition) is 2. The highest BCUT2D eigenvalue weighted by Crippen LogP contribution is 2.42. The Bertz CT molecular complexity index is 423. The Morgan fingerprint density at radius 3 is 2.72 bits per heavy atom. The molecule has 1 aliphatic carbocycles. The molecule has 1 aliphatic rings. The van der Waals surface area contributed by atoms with Gasteiger partial charge < -0.3 is 9.53 Å². The average molecular weight is 311 g/mol. The number of hydrogen-bond donors (Lipinski definition) is 0. The van der Waals surface area contributed by atoms with Crippen LogP contribution in [-0.4, -0.2) is 13.4 Å². The Kier molecular flexibility index (Phi) is 4.81. The van der Waals surface area contributed by atoms with Gasteiger partial charge in [-0.1, -0.05) is 18.9 Å². The fraction of sp³-hybridized carbons (Fsp3) is 0.533. The number of carbonyl (C=O) groups is 1. The zero-order chi connectivity index (χ0) is 13.0. The second-order valence-electron chi connectivity index (χ2n) is 4.89. The summed E-state index contributed by atoms with van der Waals surface area (Å²) < 4.78 is 6.54. The minimum atomic E-state index is 0.586. The Labute approximate surface area is 117 Å². The van der Waals surface area contributed by atoms with Crippen molar-refractivity contribution in [3.8, 4) is 5.75 Å². The zero-order valence-corrected chi connectivity index (χ0v) is 12.3. The summed E-state index contributed by atoms with van der Waals surface area (Å²) in [5.41, 5.74) is 2.53. The average Bonchev–Trinajstić information content (AvgIpc) is 2.89. The van der Waals surface area contributed by atoms with Crippen molar-refractivity contribution in [2.24, 2.45) is 0 Å². The van der Waals surface area contributed by atoms with Crippen molar-refractivity contribution in [1.82, 2.24) is 0 Å². The van der Waals surface area contributed by atoms with E-state index in [4.69, 9.17) is 4.74 Å². The molecule has 0 aromatic heterocycles. The summed E-state index contributed by atoms with van der Waals surface area (Å²) in [4.78, 5) is 10.5. The Hall–Kier alpha value is -0.830. The summed E-state index contributed by atoms with van der Waals surface area (Å²) in [5.74, 6) is 1.59. The van der Waals surface area contributed by atoms with Crippen LogP contribution in [0, 0.1) is 0 Å². The van der Waals surface area contributed by atoms with Gasteiger partial charge in [0, 0.05) is 6.42 Å². The standard InChI is InChI=1S/C15H19BrO2/c1-18-15-13(12-6-2-3-7-12)9-11(5-4-8-17)10-14(15)16/h8-10,12H,2-7H2,1H3. The van der Waals surface area contributed by atoms with Crippen LogP contribution < -0.4 is 4.74 Å². The lowest BCUT2D eigenvalue weighted by Gasteiger charge is -2.17. The molecule has 1 fully saturated rings. The molecule has 0 spiro atoms. The second kappa shape index (κ2) is 6.37. The predicted octanol–water partition coefficient (Wildman–Crippen LogP) is 4.25. The minimum absolute atomic E-state index is 0.586. The van der Waals surface area contributed by atoms with Crippen LogP contribution in [0.4, 0.5) is 0 Å². The van der Waals surface area contributed by atoms with E-state index in [0.717, 1.165) is 22.9 Å². The van der Waals surface area contributed by atoms with Crippen molar-refractivity contribution in [2.45, 2.75) is 44.4 Å². The van der Waals surface area contributed by atoms with E-state index in [9.17, 15) is 4.79 Å². The molecule has 18 heavy (non-hydrogen) atoms. The quantitative estimate of drug-likeness (QED) is 0.760. The van der Waals surface area contributed by atoms with Gasteiger partial charge in [-0.05, 0) is 58.3 Å². The molecular formula is C15H19BrO2. The van der Waals surface area contributed by atoms with Crippen LogP contribution >= 0.6 is 15.9 Å². The molecule has 0 saturated heterocycles. The smallest absolute Gasteiger partial charge is 0.136 e. The summed E-state index contributed by atoms with van der Waals surface area (Å²) in [7, 11) is 1.73. The fourth-order valence-corrected chi connectivity index (χ4v) is 3.48. The Morgan fingerprint density at radius 2 is 2.11 bits per heavy atom. The van der Waals surface area contributed by atoms with Crippen molar-refractivity contribution in [2.75, 3.05) is 7.11 Å². The zero-order valence-electron chi connectivity index (χ0n) is 10.7. The van der Waals surface area contributed by atoms with E-state index in [1.165, 1.54) is 36.8 Å². The third-order valence-electron chi connectivity index (χ3n) is 3.68. The largest absolute Gasteiger partial charge is 0.495 e. The molecule has 0 heterocycles. The highest BCUT2D eigenvalue weighted by atomic mass is 79.9. The molecule has 0 amide bonds. The first-order valence-electron chi connectivity index (χ1n) is 6.56. The number of halogens is 1. The minimum Gasteiger partial charge on any atom is -0.495 e. The van der Waals surface area contributed by atoms with Crippen LogP contribution in [0.15, 0.2) is 16.6 Å². The molecule has 1 saturated carbocycles. The van der Waals surface area contributed by atoms with Crippen LogP contribution in [0.3, 0.4) is 0 Å². The third kappa shape index (κ3) is 2.94. The lowest BCUT2D eigenvalue weighted by atomic mass is 9.94. The molecule has 0 aliphatic heterocycles. The molecule has 3 heteroatoms. The third-order valence-corrected chi connectivity index (χ3v) is 4.27. The summed E-state index contributed by atoms with van der Waals surface area (Å²) in [6, 6.07) is 4.30. The number of methoxy groups -OCH3 is 1. The van der Waals surface area contributed by atoms with Gasteiger partial charge in [0.05, 0.1) is 11.6 Å². The molecule has 2 rings (SSSR count). The van der Waals surface area contributed by atoms with Gasteiger partial charge in [0.25, 0.3) is 0 Å². The van der Waals surface area contributed by atoms with E-state index >= 15 is 0 Å². The van der Waals surface area contributed by atoms with Gasteiger partial charge in [-0.25, -0.2) is 0 Å². The van der Waals surface area contributed by atoms with Crippen LogP contribution in [0.5, 0.6) is 5.75 Å². The van der Waals surface area contributed by atoms with Gasteiger partial charge in [0.2, 0.25) is 0 Å². The van der Waals surface area contributed by atoms with Crippen molar-refractivity contribution < 1.29 is 9.53 Å². The topological polar surface area (TPSA) is 26.3 Å². The second-order valence-corrected chi connectivity index (χ2v) is 5.74. The van der Waals surface area contributed by atoms with Gasteiger partial charge in [-0.3, -0.25) is 0 Å². The summed E-state index contributed by atoms with van der Waals surface area (Å²) in [6.07, 6.45) is 7.50. The maximum Gasteiger partial charge on any atom is 0.136 e. The van der Waals surface area contributed by atoms with Crippen LogP contribution in [0.2, 0.25) is 0 Å². The van der Waals surface area contributed by atoms with Crippen molar-refractivity contribution in [3.63, 3.8) is 0 Å². The number of rotatable bonds is 5. The van der Waals surface area contributed by atoms with Crippen LogP contribution in [0.25, 0.3) is 0 Å². The Morgan fingerprint density at radius 1 is 1.39 bits per heavy atom. The summed E-state index contributed by atoms with van der Waals surface area (Å²) in [6.45, 7) is 0. The molecule has 1 aromatic rings. The first-order valence-corrected chi connectivity index (χ1v) is 7.35. The van der Waals surface area contributed by atoms with E-state index in [1.54, 1.807) is 7.11 Å². The molecule has 0 radical (unpaired) electrons. The SMILES string of the molecule is COc1c(Br)cc(CCC=O)cc1C1CCCC1. The van der Waals surface area contributed by atoms with Gasteiger partial charge in [-0.15, -0.1) is 0 Å². The first kappa shape index (κ1) is 13.6. The molecule has 2 nitrogen and oxygen atoms in total. The van der Waals surface area contributed by atoms with E-state index in [0.29, 0.717) is 12.3 Å². The molecule has 1 aromatic carbocycles. The Balaban J connectivity index is 2.33. The highest BCUT2D eigenvalue weighted by Gasteiger charge is 2.22. The fourth-order valence-electron chi connectivity index (χ4n) is 2.80. The lowest BCUT2D eigenvalue weighted by molar-refractivity contribution is -0.107. The predicted molar refractivity (Wildman–Crippen MR) is 76.3 cm³/mol. The number of benzene rings is 1.